The van der Waals surface area contributed by atoms with Crippen LogP contribution < -0.4 is 4.90 Å². The van der Waals surface area contributed by atoms with Crippen molar-refractivity contribution >= 4 is 15.7 Å². The van der Waals surface area contributed by atoms with Gasteiger partial charge in [-0.1, -0.05) is 0 Å². The van der Waals surface area contributed by atoms with Crippen LogP contribution in [0.4, 0.5) is 5.82 Å². The molecule has 2 heterocycles. The maximum atomic E-state index is 11.9. The number of rotatable bonds is 5. The lowest BCUT2D eigenvalue weighted by molar-refractivity contribution is -0.0670. The van der Waals surface area contributed by atoms with E-state index in [0.29, 0.717) is 5.82 Å². The SMILES string of the molecule is C[C@@H]1CN(CCN(C)c2ncccc2S(C)(=O)=O)C[C@H](C)O1. The standard InChI is InChI=1S/C15H25N3O3S/c1-12-10-18(11-13(2)21-12)9-8-17(3)15-14(22(4,19)20)6-5-7-16-15/h5-7,12-13H,8-11H2,1-4H3/t12-,13+. The van der Waals surface area contributed by atoms with Gasteiger partial charge in [0.1, 0.15) is 10.7 Å². The van der Waals surface area contributed by atoms with Gasteiger partial charge in [0, 0.05) is 45.7 Å². The van der Waals surface area contributed by atoms with Gasteiger partial charge in [-0.2, -0.15) is 0 Å². The van der Waals surface area contributed by atoms with Gasteiger partial charge in [-0.25, -0.2) is 13.4 Å². The van der Waals surface area contributed by atoms with E-state index in [2.05, 4.69) is 23.7 Å². The van der Waals surface area contributed by atoms with Crippen LogP contribution in [-0.2, 0) is 14.6 Å². The summed E-state index contributed by atoms with van der Waals surface area (Å²) in [5, 5.41) is 0. The second kappa shape index (κ2) is 6.93. The van der Waals surface area contributed by atoms with Crippen LogP contribution in [0.1, 0.15) is 13.8 Å². The van der Waals surface area contributed by atoms with Crippen molar-refractivity contribution in [1.29, 1.82) is 0 Å². The summed E-state index contributed by atoms with van der Waals surface area (Å²) >= 11 is 0. The van der Waals surface area contributed by atoms with E-state index in [1.54, 1.807) is 18.3 Å². The van der Waals surface area contributed by atoms with E-state index >= 15 is 0 Å². The maximum absolute atomic E-state index is 11.9. The minimum atomic E-state index is -3.28. The Morgan fingerprint density at radius 2 is 2.00 bits per heavy atom. The average Bonchev–Trinajstić information content (AvgIpc) is 2.43. The molecule has 0 aliphatic carbocycles. The lowest BCUT2D eigenvalue weighted by Gasteiger charge is -2.36. The van der Waals surface area contributed by atoms with Crippen LogP contribution in [0.3, 0.4) is 0 Å². The van der Waals surface area contributed by atoms with E-state index in [-0.39, 0.29) is 17.1 Å². The molecule has 1 fully saturated rings. The molecule has 0 amide bonds. The highest BCUT2D eigenvalue weighted by Gasteiger charge is 2.23. The summed E-state index contributed by atoms with van der Waals surface area (Å²) in [6, 6.07) is 3.26. The zero-order valence-electron chi connectivity index (χ0n) is 13.7. The Labute approximate surface area is 133 Å². The van der Waals surface area contributed by atoms with E-state index < -0.39 is 9.84 Å². The minimum absolute atomic E-state index is 0.232. The highest BCUT2D eigenvalue weighted by atomic mass is 32.2. The molecule has 1 aliphatic rings. The third-order valence-electron chi connectivity index (χ3n) is 3.76. The van der Waals surface area contributed by atoms with Crippen molar-refractivity contribution < 1.29 is 13.2 Å². The van der Waals surface area contributed by atoms with E-state index in [9.17, 15) is 8.42 Å². The largest absolute Gasteiger partial charge is 0.373 e. The summed E-state index contributed by atoms with van der Waals surface area (Å²) in [7, 11) is -1.40. The Morgan fingerprint density at radius 3 is 2.59 bits per heavy atom. The summed E-state index contributed by atoms with van der Waals surface area (Å²) in [6.07, 6.45) is 3.30. The molecule has 124 valence electrons. The zero-order chi connectivity index (χ0) is 16.3. The molecule has 0 saturated carbocycles. The van der Waals surface area contributed by atoms with Crippen LogP contribution in [0.25, 0.3) is 0 Å². The third-order valence-corrected chi connectivity index (χ3v) is 4.88. The van der Waals surface area contributed by atoms with Crippen molar-refractivity contribution in [2.45, 2.75) is 31.0 Å². The lowest BCUT2D eigenvalue weighted by atomic mass is 10.2. The molecule has 22 heavy (non-hydrogen) atoms. The van der Waals surface area contributed by atoms with E-state index in [4.69, 9.17) is 4.74 Å². The first kappa shape index (κ1) is 17.2. The van der Waals surface area contributed by atoms with Crippen LogP contribution in [0.15, 0.2) is 23.2 Å². The minimum Gasteiger partial charge on any atom is -0.373 e. The van der Waals surface area contributed by atoms with Gasteiger partial charge in [0.25, 0.3) is 0 Å². The molecule has 0 unspecified atom stereocenters. The Hall–Kier alpha value is -1.18. The number of aromatic nitrogens is 1. The molecule has 7 heteroatoms. The quantitative estimate of drug-likeness (QED) is 0.805. The van der Waals surface area contributed by atoms with Gasteiger partial charge < -0.3 is 9.64 Å². The maximum Gasteiger partial charge on any atom is 0.179 e. The topological polar surface area (TPSA) is 62.7 Å². The van der Waals surface area contributed by atoms with Crippen LogP contribution in [0.5, 0.6) is 0 Å². The van der Waals surface area contributed by atoms with Crippen molar-refractivity contribution in [2.75, 3.05) is 44.4 Å². The first-order valence-electron chi connectivity index (χ1n) is 7.51. The van der Waals surface area contributed by atoms with E-state index in [1.165, 1.54) is 6.26 Å². The molecule has 1 aliphatic heterocycles. The monoisotopic (exact) mass is 327 g/mol. The van der Waals surface area contributed by atoms with Crippen molar-refractivity contribution in [3.8, 4) is 0 Å². The summed E-state index contributed by atoms with van der Waals surface area (Å²) in [5.41, 5.74) is 0. The molecule has 2 rings (SSSR count). The molecule has 1 aromatic rings. The molecule has 6 nitrogen and oxygen atoms in total. The number of likely N-dealkylation sites (N-methyl/N-ethyl adjacent to an activating group) is 1. The van der Waals surface area contributed by atoms with Gasteiger partial charge in [0.05, 0.1) is 12.2 Å². The molecule has 2 atom stereocenters. The summed E-state index contributed by atoms with van der Waals surface area (Å²) in [6.45, 7) is 7.53. The number of hydrogen-bond acceptors (Lipinski definition) is 6. The molecule has 0 spiro atoms. The summed E-state index contributed by atoms with van der Waals surface area (Å²) in [5.74, 6) is 0.513. The fourth-order valence-corrected chi connectivity index (χ4v) is 3.69. The zero-order valence-corrected chi connectivity index (χ0v) is 14.5. The van der Waals surface area contributed by atoms with Gasteiger partial charge >= 0.3 is 0 Å². The van der Waals surface area contributed by atoms with E-state index in [0.717, 1.165) is 26.2 Å². The number of ether oxygens (including phenoxy) is 1. The smallest absolute Gasteiger partial charge is 0.179 e. The Morgan fingerprint density at radius 1 is 1.36 bits per heavy atom. The highest BCUT2D eigenvalue weighted by molar-refractivity contribution is 7.90. The summed E-state index contributed by atoms with van der Waals surface area (Å²) < 4.78 is 29.4. The van der Waals surface area contributed by atoms with Gasteiger partial charge in [0.15, 0.2) is 9.84 Å². The number of hydrogen-bond donors (Lipinski definition) is 0. The molecule has 1 aromatic heterocycles. The summed E-state index contributed by atoms with van der Waals surface area (Å²) in [4.78, 5) is 8.77. The van der Waals surface area contributed by atoms with E-state index in [1.807, 2.05) is 11.9 Å². The molecule has 0 N–H and O–H groups in total. The highest BCUT2D eigenvalue weighted by Crippen LogP contribution is 2.21. The Balaban J connectivity index is 2.03. The number of anilines is 1. The van der Waals surface area contributed by atoms with Crippen LogP contribution >= 0.6 is 0 Å². The third kappa shape index (κ3) is 4.41. The Bertz CT molecular complexity index is 596. The predicted molar refractivity (Wildman–Crippen MR) is 87.1 cm³/mol. The van der Waals surface area contributed by atoms with Gasteiger partial charge in [-0.3, -0.25) is 4.90 Å². The second-order valence-corrected chi connectivity index (χ2v) is 8.02. The van der Waals surface area contributed by atoms with Gasteiger partial charge in [0.2, 0.25) is 0 Å². The van der Waals surface area contributed by atoms with Crippen LogP contribution in [-0.4, -0.2) is 70.0 Å². The fraction of sp³-hybridized carbons (Fsp3) is 0.667. The van der Waals surface area contributed by atoms with Crippen molar-refractivity contribution in [3.63, 3.8) is 0 Å². The number of pyridine rings is 1. The number of sulfone groups is 1. The van der Waals surface area contributed by atoms with Crippen molar-refractivity contribution in [1.82, 2.24) is 9.88 Å². The second-order valence-electron chi connectivity index (χ2n) is 6.04. The number of morpholine rings is 1. The number of nitrogens with zero attached hydrogens (tertiary/aromatic N) is 3. The fourth-order valence-electron chi connectivity index (χ4n) is 2.82. The first-order chi connectivity index (χ1) is 10.3. The molecule has 0 aromatic carbocycles. The Kier molecular flexibility index (Phi) is 5.41. The molecular weight excluding hydrogens is 302 g/mol. The molecule has 0 radical (unpaired) electrons. The van der Waals surface area contributed by atoms with Crippen molar-refractivity contribution in [2.24, 2.45) is 0 Å². The normalized spacial score (nSPS) is 23.5. The first-order valence-corrected chi connectivity index (χ1v) is 9.40. The lowest BCUT2D eigenvalue weighted by Crippen LogP contribution is -2.47. The van der Waals surface area contributed by atoms with Crippen molar-refractivity contribution in [3.05, 3.63) is 18.3 Å². The van der Waals surface area contributed by atoms with Gasteiger partial charge in [-0.15, -0.1) is 0 Å². The molecule has 1 saturated heterocycles. The molecule has 0 bridgehead atoms. The molecular formula is C15H25N3O3S. The van der Waals surface area contributed by atoms with Crippen LogP contribution in [0.2, 0.25) is 0 Å². The predicted octanol–water partition coefficient (Wildman–Crippen LogP) is 1.03. The average molecular weight is 327 g/mol. The van der Waals surface area contributed by atoms with Gasteiger partial charge in [-0.05, 0) is 26.0 Å². The van der Waals surface area contributed by atoms with Crippen LogP contribution in [0, 0.1) is 0 Å².